The Balaban J connectivity index is 2.44. The Morgan fingerprint density at radius 3 is 2.94 bits per heavy atom. The zero-order valence-corrected chi connectivity index (χ0v) is 9.90. The lowest BCUT2D eigenvalue weighted by Crippen LogP contribution is -2.28. The minimum Gasteiger partial charge on any atom is -0.398 e. The molecule has 0 spiro atoms. The number of nitrogens with one attached hydrogen (secondary N) is 1. The third-order valence-corrected chi connectivity index (χ3v) is 2.34. The van der Waals surface area contributed by atoms with Crippen molar-refractivity contribution in [2.45, 2.75) is 6.92 Å². The molecule has 0 saturated carbocycles. The molecule has 1 aromatic rings. The number of hydrogen-bond acceptors (Lipinski definition) is 4. The van der Waals surface area contributed by atoms with Gasteiger partial charge in [0, 0.05) is 12.2 Å². The second-order valence-corrected chi connectivity index (χ2v) is 3.63. The smallest absolute Gasteiger partial charge is 0.253 e. The summed E-state index contributed by atoms with van der Waals surface area (Å²) in [5.74, 6) is -0.209. The fourth-order valence-corrected chi connectivity index (χ4v) is 1.38. The molecule has 0 heterocycles. The topological polar surface area (TPSA) is 84.6 Å². The molecule has 0 atom stereocenters. The summed E-state index contributed by atoms with van der Waals surface area (Å²) in [6, 6.07) is 5.34. The number of benzene rings is 1. The van der Waals surface area contributed by atoms with Gasteiger partial charge in [0.2, 0.25) is 0 Å². The van der Waals surface area contributed by atoms with Gasteiger partial charge in [0.15, 0.2) is 0 Å². The third-order valence-electron chi connectivity index (χ3n) is 2.34. The maximum absolute atomic E-state index is 11.8. The first-order valence-corrected chi connectivity index (χ1v) is 5.48. The van der Waals surface area contributed by atoms with Crippen molar-refractivity contribution < 1.29 is 14.6 Å². The van der Waals surface area contributed by atoms with E-state index in [0.717, 1.165) is 5.56 Å². The van der Waals surface area contributed by atoms with Crippen molar-refractivity contribution in [3.8, 4) is 0 Å². The van der Waals surface area contributed by atoms with Gasteiger partial charge in [-0.1, -0.05) is 12.1 Å². The van der Waals surface area contributed by atoms with Gasteiger partial charge in [-0.25, -0.2) is 0 Å². The second kappa shape index (κ2) is 6.88. The van der Waals surface area contributed by atoms with Gasteiger partial charge in [0.1, 0.15) is 0 Å². The highest BCUT2D eigenvalue weighted by atomic mass is 16.5. The van der Waals surface area contributed by atoms with Crippen LogP contribution in [0.1, 0.15) is 15.9 Å². The van der Waals surface area contributed by atoms with Gasteiger partial charge in [0.25, 0.3) is 5.91 Å². The molecular formula is C12H18N2O3. The summed E-state index contributed by atoms with van der Waals surface area (Å²) in [7, 11) is 0. The SMILES string of the molecule is Cc1cccc(C(=O)NCCOCCO)c1N. The van der Waals surface area contributed by atoms with E-state index < -0.39 is 0 Å². The van der Waals surface area contributed by atoms with Crippen molar-refractivity contribution >= 4 is 11.6 Å². The van der Waals surface area contributed by atoms with E-state index in [0.29, 0.717) is 24.4 Å². The number of para-hydroxylation sites is 1. The van der Waals surface area contributed by atoms with Crippen molar-refractivity contribution in [1.29, 1.82) is 0 Å². The van der Waals surface area contributed by atoms with Crippen LogP contribution in [0.5, 0.6) is 0 Å². The highest BCUT2D eigenvalue weighted by Gasteiger charge is 2.09. The van der Waals surface area contributed by atoms with Crippen LogP contribution in [-0.4, -0.2) is 37.4 Å². The molecule has 0 aliphatic carbocycles. The summed E-state index contributed by atoms with van der Waals surface area (Å²) in [6.07, 6.45) is 0. The zero-order chi connectivity index (χ0) is 12.7. The summed E-state index contributed by atoms with van der Waals surface area (Å²) >= 11 is 0. The molecule has 0 bridgehead atoms. The van der Waals surface area contributed by atoms with Crippen molar-refractivity contribution in [2.24, 2.45) is 0 Å². The van der Waals surface area contributed by atoms with Crippen LogP contribution in [-0.2, 0) is 4.74 Å². The molecule has 1 aromatic carbocycles. The molecule has 0 aliphatic rings. The van der Waals surface area contributed by atoms with Gasteiger partial charge in [-0.2, -0.15) is 0 Å². The number of carbonyl (C=O) groups excluding carboxylic acids is 1. The number of rotatable bonds is 6. The Hall–Kier alpha value is -1.59. The second-order valence-electron chi connectivity index (χ2n) is 3.63. The molecule has 94 valence electrons. The molecule has 1 amide bonds. The largest absolute Gasteiger partial charge is 0.398 e. The van der Waals surface area contributed by atoms with Crippen LogP contribution in [0.3, 0.4) is 0 Å². The van der Waals surface area contributed by atoms with Crippen LogP contribution in [0.15, 0.2) is 18.2 Å². The Bertz CT molecular complexity index is 380. The Kier molecular flexibility index (Phi) is 5.45. The lowest BCUT2D eigenvalue weighted by Gasteiger charge is -2.09. The minimum atomic E-state index is -0.209. The first-order chi connectivity index (χ1) is 8.16. The monoisotopic (exact) mass is 238 g/mol. The highest BCUT2D eigenvalue weighted by Crippen LogP contribution is 2.15. The molecule has 0 saturated heterocycles. The van der Waals surface area contributed by atoms with Crippen LogP contribution >= 0.6 is 0 Å². The van der Waals surface area contributed by atoms with Crippen LogP contribution < -0.4 is 11.1 Å². The number of aliphatic hydroxyl groups excluding tert-OH is 1. The summed E-state index contributed by atoms with van der Waals surface area (Å²) in [4.78, 5) is 11.8. The van der Waals surface area contributed by atoms with Crippen molar-refractivity contribution in [1.82, 2.24) is 5.32 Å². The van der Waals surface area contributed by atoms with E-state index >= 15 is 0 Å². The molecule has 17 heavy (non-hydrogen) atoms. The first-order valence-electron chi connectivity index (χ1n) is 5.48. The van der Waals surface area contributed by atoms with Crippen molar-refractivity contribution in [2.75, 3.05) is 32.1 Å². The van der Waals surface area contributed by atoms with Gasteiger partial charge in [-0.15, -0.1) is 0 Å². The Morgan fingerprint density at radius 2 is 2.24 bits per heavy atom. The molecule has 0 aromatic heterocycles. The predicted molar refractivity (Wildman–Crippen MR) is 65.8 cm³/mol. The van der Waals surface area contributed by atoms with Crippen LogP contribution in [0, 0.1) is 6.92 Å². The highest BCUT2D eigenvalue weighted by molar-refractivity contribution is 5.99. The summed E-state index contributed by atoms with van der Waals surface area (Å²) in [5, 5.41) is 11.2. The fraction of sp³-hybridized carbons (Fsp3) is 0.417. The van der Waals surface area contributed by atoms with Gasteiger partial charge >= 0.3 is 0 Å². The third kappa shape index (κ3) is 4.05. The average molecular weight is 238 g/mol. The molecular weight excluding hydrogens is 220 g/mol. The van der Waals surface area contributed by atoms with E-state index in [1.165, 1.54) is 0 Å². The van der Waals surface area contributed by atoms with E-state index in [4.69, 9.17) is 15.6 Å². The molecule has 0 unspecified atom stereocenters. The standard InChI is InChI=1S/C12H18N2O3/c1-9-3-2-4-10(11(9)13)12(16)14-5-7-17-8-6-15/h2-4,15H,5-8,13H2,1H3,(H,14,16). The number of amides is 1. The van der Waals surface area contributed by atoms with Crippen LogP contribution in [0.25, 0.3) is 0 Å². The van der Waals surface area contributed by atoms with E-state index in [9.17, 15) is 4.79 Å². The number of nitrogens with two attached hydrogens (primary N) is 1. The number of nitrogen functional groups attached to an aromatic ring is 1. The lowest BCUT2D eigenvalue weighted by molar-refractivity contribution is 0.0838. The molecule has 1 rings (SSSR count). The summed E-state index contributed by atoms with van der Waals surface area (Å²) in [5.41, 5.74) is 7.67. The van der Waals surface area contributed by atoms with Gasteiger partial charge < -0.3 is 20.9 Å². The Labute approximate surface area is 101 Å². The van der Waals surface area contributed by atoms with Crippen LogP contribution in [0.4, 0.5) is 5.69 Å². The predicted octanol–water partition coefficient (Wildman–Crippen LogP) is 0.316. The van der Waals surface area contributed by atoms with Crippen molar-refractivity contribution in [3.05, 3.63) is 29.3 Å². The molecule has 5 nitrogen and oxygen atoms in total. The van der Waals surface area contributed by atoms with Crippen molar-refractivity contribution in [3.63, 3.8) is 0 Å². The molecule has 5 heteroatoms. The van der Waals surface area contributed by atoms with E-state index in [1.54, 1.807) is 12.1 Å². The maximum atomic E-state index is 11.8. The number of aryl methyl sites for hydroxylation is 1. The minimum absolute atomic E-state index is 0.0151. The normalized spacial score (nSPS) is 10.2. The van der Waals surface area contributed by atoms with Crippen LogP contribution in [0.2, 0.25) is 0 Å². The number of aliphatic hydroxyl groups is 1. The number of hydrogen-bond donors (Lipinski definition) is 3. The fourth-order valence-electron chi connectivity index (χ4n) is 1.38. The van der Waals surface area contributed by atoms with E-state index in [2.05, 4.69) is 5.32 Å². The number of carbonyl (C=O) groups is 1. The molecule has 0 fully saturated rings. The molecule has 0 aliphatic heterocycles. The quantitative estimate of drug-likeness (QED) is 0.492. The molecule has 4 N–H and O–H groups in total. The number of ether oxygens (including phenoxy) is 1. The van der Waals surface area contributed by atoms with E-state index in [-0.39, 0.29) is 19.1 Å². The molecule has 0 radical (unpaired) electrons. The van der Waals surface area contributed by atoms with Gasteiger partial charge in [-0.3, -0.25) is 4.79 Å². The summed E-state index contributed by atoms with van der Waals surface area (Å²) < 4.78 is 5.03. The summed E-state index contributed by atoms with van der Waals surface area (Å²) in [6.45, 7) is 2.89. The maximum Gasteiger partial charge on any atom is 0.253 e. The average Bonchev–Trinajstić information content (AvgIpc) is 2.32. The number of anilines is 1. The van der Waals surface area contributed by atoms with Gasteiger partial charge in [0.05, 0.1) is 25.4 Å². The van der Waals surface area contributed by atoms with Gasteiger partial charge in [-0.05, 0) is 18.6 Å². The zero-order valence-electron chi connectivity index (χ0n) is 9.90. The first kappa shape index (κ1) is 13.5. The van der Waals surface area contributed by atoms with E-state index in [1.807, 2.05) is 13.0 Å². The lowest BCUT2D eigenvalue weighted by atomic mass is 10.1. The Morgan fingerprint density at radius 1 is 1.47 bits per heavy atom.